The van der Waals surface area contributed by atoms with Gasteiger partial charge in [-0.05, 0) is 55.0 Å². The Balaban J connectivity index is 2.74. The summed E-state index contributed by atoms with van der Waals surface area (Å²) >= 11 is 0. The second-order valence-corrected chi connectivity index (χ2v) is 6.89. The average Bonchev–Trinajstić information content (AvgIpc) is 2.26. The van der Waals surface area contributed by atoms with E-state index in [2.05, 4.69) is 26.1 Å². The number of hydrogen-bond acceptors (Lipinski definition) is 1. The number of nitrogens with one attached hydrogen (secondary N) is 1. The molecule has 0 saturated carbocycles. The maximum Gasteiger partial charge on any atom is 0.133 e. The van der Waals surface area contributed by atoms with Crippen molar-refractivity contribution in [1.29, 1.82) is 0 Å². The van der Waals surface area contributed by atoms with E-state index in [-0.39, 0.29) is 16.8 Å². The molecule has 0 aliphatic carbocycles. The van der Waals surface area contributed by atoms with E-state index in [1.54, 1.807) is 6.07 Å². The highest BCUT2D eigenvalue weighted by atomic mass is 19.1. The molecular formula is C16H23F2N. The van der Waals surface area contributed by atoms with Crippen molar-refractivity contribution >= 4 is 0 Å². The van der Waals surface area contributed by atoms with Crippen molar-refractivity contribution in [3.05, 3.63) is 34.1 Å². The van der Waals surface area contributed by atoms with Gasteiger partial charge in [0.05, 0.1) is 0 Å². The Hall–Kier alpha value is -0.960. The van der Waals surface area contributed by atoms with Crippen LogP contribution in [-0.4, -0.2) is 6.54 Å². The van der Waals surface area contributed by atoms with E-state index in [1.165, 1.54) is 13.8 Å². The van der Waals surface area contributed by atoms with Gasteiger partial charge in [-0.25, -0.2) is 8.78 Å². The Morgan fingerprint density at radius 1 is 1.05 bits per heavy atom. The summed E-state index contributed by atoms with van der Waals surface area (Å²) in [7, 11) is 0. The second kappa shape index (κ2) is 4.55. The summed E-state index contributed by atoms with van der Waals surface area (Å²) in [5.41, 5.74) is 1.20. The third kappa shape index (κ3) is 2.66. The van der Waals surface area contributed by atoms with Gasteiger partial charge in [0, 0.05) is 12.1 Å². The number of benzene rings is 1. The Bertz CT molecular complexity index is 493. The van der Waals surface area contributed by atoms with Crippen LogP contribution in [0, 0.1) is 5.82 Å². The fourth-order valence-corrected chi connectivity index (χ4v) is 2.74. The van der Waals surface area contributed by atoms with E-state index in [4.69, 9.17) is 0 Å². The minimum Gasteiger partial charge on any atom is -0.312 e. The van der Waals surface area contributed by atoms with Crippen molar-refractivity contribution < 1.29 is 8.78 Å². The van der Waals surface area contributed by atoms with Crippen LogP contribution in [0.5, 0.6) is 0 Å². The highest BCUT2D eigenvalue weighted by molar-refractivity contribution is 5.46. The second-order valence-electron chi connectivity index (χ2n) is 6.89. The first-order valence-corrected chi connectivity index (χ1v) is 6.87. The predicted molar refractivity (Wildman–Crippen MR) is 74.6 cm³/mol. The molecule has 19 heavy (non-hydrogen) atoms. The van der Waals surface area contributed by atoms with E-state index in [1.807, 2.05) is 0 Å². The maximum absolute atomic E-state index is 14.6. The molecule has 0 atom stereocenters. The molecule has 1 aliphatic rings. The maximum atomic E-state index is 14.6. The predicted octanol–water partition coefficient (Wildman–Crippen LogP) is 3.97. The van der Waals surface area contributed by atoms with Gasteiger partial charge in [0.2, 0.25) is 0 Å². The van der Waals surface area contributed by atoms with Crippen LogP contribution in [0.4, 0.5) is 8.78 Å². The Kier molecular flexibility index (Phi) is 3.46. The first kappa shape index (κ1) is 14.4. The zero-order valence-corrected chi connectivity index (χ0v) is 12.5. The molecule has 1 heterocycles. The van der Waals surface area contributed by atoms with Crippen LogP contribution in [-0.2, 0) is 24.0 Å². The first-order chi connectivity index (χ1) is 8.62. The molecule has 2 rings (SSSR count). The smallest absolute Gasteiger partial charge is 0.133 e. The number of alkyl halides is 1. The van der Waals surface area contributed by atoms with E-state index in [0.29, 0.717) is 18.5 Å². The third-order valence-electron chi connectivity index (χ3n) is 3.78. The topological polar surface area (TPSA) is 12.0 Å². The molecule has 0 spiro atoms. The Labute approximate surface area is 114 Å². The van der Waals surface area contributed by atoms with Gasteiger partial charge in [-0.15, -0.1) is 0 Å². The van der Waals surface area contributed by atoms with Crippen LogP contribution in [0.2, 0.25) is 0 Å². The molecule has 3 heteroatoms. The van der Waals surface area contributed by atoms with Gasteiger partial charge < -0.3 is 5.32 Å². The monoisotopic (exact) mass is 267 g/mol. The largest absolute Gasteiger partial charge is 0.312 e. The number of fused-ring (bicyclic) bond motifs is 1. The van der Waals surface area contributed by atoms with Crippen molar-refractivity contribution in [2.45, 2.75) is 58.7 Å². The minimum atomic E-state index is -1.65. The highest BCUT2D eigenvalue weighted by Gasteiger charge is 2.31. The van der Waals surface area contributed by atoms with Crippen LogP contribution < -0.4 is 5.32 Å². The summed E-state index contributed by atoms with van der Waals surface area (Å²) < 4.78 is 28.8. The van der Waals surface area contributed by atoms with E-state index < -0.39 is 5.67 Å². The molecule has 1 N–H and O–H groups in total. The van der Waals surface area contributed by atoms with Gasteiger partial charge in [-0.1, -0.05) is 20.8 Å². The zero-order valence-electron chi connectivity index (χ0n) is 12.5. The molecule has 0 saturated heterocycles. The molecule has 1 aromatic rings. The van der Waals surface area contributed by atoms with E-state index in [9.17, 15) is 8.78 Å². The summed E-state index contributed by atoms with van der Waals surface area (Å²) in [6.45, 7) is 10.5. The lowest BCUT2D eigenvalue weighted by Crippen LogP contribution is -2.30. The van der Waals surface area contributed by atoms with E-state index in [0.717, 1.165) is 17.7 Å². The summed E-state index contributed by atoms with van der Waals surface area (Å²) in [4.78, 5) is 0. The van der Waals surface area contributed by atoms with Gasteiger partial charge in [0.25, 0.3) is 0 Å². The lowest BCUT2D eigenvalue weighted by molar-refractivity contribution is 0.212. The van der Waals surface area contributed by atoms with Gasteiger partial charge in [-0.2, -0.15) is 0 Å². The summed E-state index contributed by atoms with van der Waals surface area (Å²) in [6.07, 6.45) is 0.633. The van der Waals surface area contributed by atoms with E-state index >= 15 is 0 Å². The van der Waals surface area contributed by atoms with Crippen molar-refractivity contribution in [2.75, 3.05) is 6.54 Å². The van der Waals surface area contributed by atoms with Crippen LogP contribution in [0.1, 0.15) is 56.9 Å². The lowest BCUT2D eigenvalue weighted by Gasteiger charge is -2.31. The molecular weight excluding hydrogens is 244 g/mol. The number of halogens is 2. The van der Waals surface area contributed by atoms with Crippen LogP contribution in [0.3, 0.4) is 0 Å². The lowest BCUT2D eigenvalue weighted by atomic mass is 9.78. The van der Waals surface area contributed by atoms with Crippen LogP contribution in [0.25, 0.3) is 0 Å². The molecule has 0 fully saturated rings. The summed E-state index contributed by atoms with van der Waals surface area (Å²) in [5, 5.41) is 3.28. The molecule has 1 aromatic carbocycles. The average molecular weight is 267 g/mol. The highest BCUT2D eigenvalue weighted by Crippen LogP contribution is 2.37. The summed E-state index contributed by atoms with van der Waals surface area (Å²) in [6, 6.07) is 1.72. The molecule has 0 bridgehead atoms. The molecule has 0 aromatic heterocycles. The molecule has 0 radical (unpaired) electrons. The zero-order chi connectivity index (χ0) is 14.4. The quantitative estimate of drug-likeness (QED) is 0.811. The van der Waals surface area contributed by atoms with Crippen LogP contribution in [0.15, 0.2) is 6.07 Å². The minimum absolute atomic E-state index is 0.114. The Morgan fingerprint density at radius 2 is 1.68 bits per heavy atom. The fraction of sp³-hybridized carbons (Fsp3) is 0.625. The van der Waals surface area contributed by atoms with Crippen molar-refractivity contribution in [3.63, 3.8) is 0 Å². The van der Waals surface area contributed by atoms with Crippen molar-refractivity contribution in [1.82, 2.24) is 5.32 Å². The first-order valence-electron chi connectivity index (χ1n) is 6.87. The molecule has 1 aliphatic heterocycles. The van der Waals surface area contributed by atoms with Crippen molar-refractivity contribution in [3.8, 4) is 0 Å². The number of hydrogen-bond donors (Lipinski definition) is 1. The molecule has 0 unspecified atom stereocenters. The normalized spacial score (nSPS) is 16.4. The van der Waals surface area contributed by atoms with Crippen molar-refractivity contribution in [2.24, 2.45) is 0 Å². The molecule has 0 amide bonds. The van der Waals surface area contributed by atoms with Gasteiger partial charge in [-0.3, -0.25) is 0 Å². The van der Waals surface area contributed by atoms with Gasteiger partial charge >= 0.3 is 0 Å². The summed E-state index contributed by atoms with van der Waals surface area (Å²) in [5.74, 6) is -0.350. The van der Waals surface area contributed by atoms with Gasteiger partial charge in [0.15, 0.2) is 0 Å². The number of rotatable bonds is 1. The third-order valence-corrected chi connectivity index (χ3v) is 3.78. The standard InChI is InChI=1S/C16H23F2N/c1-15(2,3)12-8-13(16(4,5)18)14(17)10-6-7-19-9-11(10)12/h8,19H,6-7,9H2,1-5H3. The van der Waals surface area contributed by atoms with Crippen LogP contribution >= 0.6 is 0 Å². The molecule has 106 valence electrons. The molecule has 1 nitrogen and oxygen atoms in total. The fourth-order valence-electron chi connectivity index (χ4n) is 2.74. The Morgan fingerprint density at radius 3 is 2.21 bits per heavy atom. The van der Waals surface area contributed by atoms with Gasteiger partial charge in [0.1, 0.15) is 11.5 Å². The SMILES string of the molecule is CC(C)(C)c1cc(C(C)(C)F)c(F)c2c1CNCC2.